The molecule has 0 fully saturated rings. The van der Waals surface area contributed by atoms with Gasteiger partial charge in [0.25, 0.3) is 11.8 Å². The number of hydrogen-bond donors (Lipinski definition) is 0. The van der Waals surface area contributed by atoms with Crippen LogP contribution in [0.5, 0.6) is 23.3 Å². The first-order valence-corrected chi connectivity index (χ1v) is 8.98. The van der Waals surface area contributed by atoms with E-state index in [2.05, 4.69) is 15.4 Å². The molecule has 0 atom stereocenters. The van der Waals surface area contributed by atoms with Crippen LogP contribution in [0.15, 0.2) is 35.7 Å². The maximum Gasteiger partial charge on any atom is 0.361 e. The SMILES string of the molecule is COc1nnnc(Oc2cccc(-c3cccs3)c2C(=O)ON(C)C)c1OC. The first-order chi connectivity index (χ1) is 13.5. The summed E-state index contributed by atoms with van der Waals surface area (Å²) in [5, 5.41) is 14.4. The number of thiophene rings is 1. The molecule has 0 radical (unpaired) electrons. The van der Waals surface area contributed by atoms with Crippen molar-refractivity contribution in [2.75, 3.05) is 28.3 Å². The van der Waals surface area contributed by atoms with Crippen molar-refractivity contribution in [3.05, 3.63) is 41.3 Å². The molecule has 0 amide bonds. The minimum Gasteiger partial charge on any atom is -0.487 e. The fourth-order valence-electron chi connectivity index (χ4n) is 2.44. The van der Waals surface area contributed by atoms with Gasteiger partial charge in [-0.2, -0.15) is 0 Å². The van der Waals surface area contributed by atoms with Gasteiger partial charge < -0.3 is 19.0 Å². The number of carbonyl (C=O) groups is 1. The molecule has 146 valence electrons. The molecule has 0 N–H and O–H groups in total. The lowest BCUT2D eigenvalue weighted by molar-refractivity contribution is -0.0714. The van der Waals surface area contributed by atoms with Crippen LogP contribution in [-0.2, 0) is 4.84 Å². The number of aromatic nitrogens is 3. The maximum atomic E-state index is 12.8. The average Bonchev–Trinajstić information content (AvgIpc) is 3.21. The van der Waals surface area contributed by atoms with Crippen LogP contribution >= 0.6 is 11.3 Å². The summed E-state index contributed by atoms with van der Waals surface area (Å²) in [4.78, 5) is 19.0. The molecule has 2 aromatic heterocycles. The molecular weight excluding hydrogens is 384 g/mol. The Kier molecular flexibility index (Phi) is 6.02. The number of benzene rings is 1. The van der Waals surface area contributed by atoms with E-state index >= 15 is 0 Å². The van der Waals surface area contributed by atoms with Crippen LogP contribution in [0.2, 0.25) is 0 Å². The fourth-order valence-corrected chi connectivity index (χ4v) is 3.20. The van der Waals surface area contributed by atoms with Gasteiger partial charge >= 0.3 is 5.97 Å². The summed E-state index contributed by atoms with van der Waals surface area (Å²) in [5.41, 5.74) is 0.922. The van der Waals surface area contributed by atoms with Crippen LogP contribution in [0.1, 0.15) is 10.4 Å². The second kappa shape index (κ2) is 8.63. The van der Waals surface area contributed by atoms with E-state index in [9.17, 15) is 4.79 Å². The third kappa shape index (κ3) is 4.02. The van der Waals surface area contributed by atoms with Crippen molar-refractivity contribution in [3.63, 3.8) is 0 Å². The first kappa shape index (κ1) is 19.5. The van der Waals surface area contributed by atoms with Crippen LogP contribution < -0.4 is 14.2 Å². The normalized spacial score (nSPS) is 10.6. The van der Waals surface area contributed by atoms with Gasteiger partial charge in [-0.3, -0.25) is 0 Å². The van der Waals surface area contributed by atoms with Gasteiger partial charge in [-0.05, 0) is 22.7 Å². The first-order valence-electron chi connectivity index (χ1n) is 8.10. The molecule has 0 saturated carbocycles. The Morgan fingerprint density at radius 3 is 2.46 bits per heavy atom. The Balaban J connectivity index is 2.11. The molecule has 2 heterocycles. The van der Waals surface area contributed by atoms with Crippen molar-refractivity contribution in [3.8, 4) is 33.7 Å². The smallest absolute Gasteiger partial charge is 0.361 e. The Bertz CT molecular complexity index is 963. The zero-order valence-electron chi connectivity index (χ0n) is 15.7. The molecule has 0 unspecified atom stereocenters. The number of methoxy groups -OCH3 is 2. The largest absolute Gasteiger partial charge is 0.487 e. The van der Waals surface area contributed by atoms with E-state index in [4.69, 9.17) is 19.0 Å². The lowest BCUT2D eigenvalue weighted by Gasteiger charge is -2.16. The monoisotopic (exact) mass is 402 g/mol. The van der Waals surface area contributed by atoms with Crippen LogP contribution in [0.3, 0.4) is 0 Å². The molecule has 0 aliphatic heterocycles. The summed E-state index contributed by atoms with van der Waals surface area (Å²) in [6.07, 6.45) is 0. The second-order valence-electron chi connectivity index (χ2n) is 5.59. The van der Waals surface area contributed by atoms with E-state index < -0.39 is 5.97 Å². The number of carbonyl (C=O) groups excluding carboxylic acids is 1. The molecule has 10 heteroatoms. The number of rotatable bonds is 7. The van der Waals surface area contributed by atoms with Crippen LogP contribution in [0.4, 0.5) is 0 Å². The fraction of sp³-hybridized carbons (Fsp3) is 0.222. The van der Waals surface area contributed by atoms with Crippen LogP contribution in [-0.4, -0.2) is 54.8 Å². The lowest BCUT2D eigenvalue weighted by atomic mass is 10.0. The summed E-state index contributed by atoms with van der Waals surface area (Å²) in [6.45, 7) is 0. The third-order valence-corrected chi connectivity index (χ3v) is 4.45. The highest BCUT2D eigenvalue weighted by molar-refractivity contribution is 7.13. The van der Waals surface area contributed by atoms with Crippen molar-refractivity contribution in [2.45, 2.75) is 0 Å². The molecule has 1 aromatic carbocycles. The topological polar surface area (TPSA) is 95.9 Å². The summed E-state index contributed by atoms with van der Waals surface area (Å²) >= 11 is 1.50. The van der Waals surface area contributed by atoms with Crippen LogP contribution in [0.25, 0.3) is 10.4 Å². The quantitative estimate of drug-likeness (QED) is 0.552. The van der Waals surface area contributed by atoms with Gasteiger partial charge in [-0.1, -0.05) is 28.4 Å². The molecular formula is C18H18N4O5S. The number of hydrogen-bond acceptors (Lipinski definition) is 10. The van der Waals surface area contributed by atoms with Gasteiger partial charge in [-0.15, -0.1) is 16.4 Å². The Morgan fingerprint density at radius 2 is 1.82 bits per heavy atom. The van der Waals surface area contributed by atoms with Gasteiger partial charge in [0.05, 0.1) is 14.2 Å². The van der Waals surface area contributed by atoms with Crippen molar-refractivity contribution in [2.24, 2.45) is 0 Å². The Labute approximate surface area is 165 Å². The van der Waals surface area contributed by atoms with E-state index in [1.807, 2.05) is 23.6 Å². The van der Waals surface area contributed by atoms with Crippen molar-refractivity contribution in [1.82, 2.24) is 20.5 Å². The van der Waals surface area contributed by atoms with Crippen molar-refractivity contribution >= 4 is 17.3 Å². The van der Waals surface area contributed by atoms with E-state index in [0.717, 1.165) is 4.88 Å². The summed E-state index contributed by atoms with van der Waals surface area (Å²) < 4.78 is 16.3. The van der Waals surface area contributed by atoms with Crippen molar-refractivity contribution < 1.29 is 23.8 Å². The zero-order valence-corrected chi connectivity index (χ0v) is 16.5. The molecule has 3 aromatic rings. The molecule has 0 aliphatic carbocycles. The van der Waals surface area contributed by atoms with Gasteiger partial charge in [0.15, 0.2) is 0 Å². The lowest BCUT2D eigenvalue weighted by Crippen LogP contribution is -2.19. The van der Waals surface area contributed by atoms with Crippen molar-refractivity contribution in [1.29, 1.82) is 0 Å². The van der Waals surface area contributed by atoms with E-state index in [-0.39, 0.29) is 28.8 Å². The number of ether oxygens (including phenoxy) is 3. The molecule has 0 aliphatic rings. The van der Waals surface area contributed by atoms with Gasteiger partial charge in [0.1, 0.15) is 11.3 Å². The maximum absolute atomic E-state index is 12.8. The van der Waals surface area contributed by atoms with Gasteiger partial charge in [-0.25, -0.2) is 4.79 Å². The number of hydroxylamine groups is 2. The summed E-state index contributed by atoms with van der Waals surface area (Å²) in [7, 11) is 6.09. The molecule has 9 nitrogen and oxygen atoms in total. The molecule has 28 heavy (non-hydrogen) atoms. The van der Waals surface area contributed by atoms with E-state index in [1.54, 1.807) is 26.2 Å². The zero-order chi connectivity index (χ0) is 20.1. The summed E-state index contributed by atoms with van der Waals surface area (Å²) in [6, 6.07) is 9.04. The number of nitrogens with zero attached hydrogens (tertiary/aromatic N) is 4. The Hall–Kier alpha value is -3.24. The van der Waals surface area contributed by atoms with E-state index in [0.29, 0.717) is 5.56 Å². The molecule has 0 bridgehead atoms. The van der Waals surface area contributed by atoms with E-state index in [1.165, 1.54) is 30.6 Å². The second-order valence-corrected chi connectivity index (χ2v) is 6.53. The standard InChI is InChI=1S/C18H18N4O5S/c1-22(2)27-18(23)14-11(13-9-6-10-28-13)7-5-8-12(14)26-17-15(24-3)16(25-4)19-21-20-17/h5-10H,1-4H3. The predicted molar refractivity (Wildman–Crippen MR) is 102 cm³/mol. The van der Waals surface area contributed by atoms with Gasteiger partial charge in [0, 0.05) is 24.5 Å². The highest BCUT2D eigenvalue weighted by atomic mass is 32.1. The Morgan fingerprint density at radius 1 is 1.04 bits per heavy atom. The third-order valence-electron chi connectivity index (χ3n) is 3.55. The minimum absolute atomic E-state index is 0.0107. The summed E-state index contributed by atoms with van der Waals surface area (Å²) in [5.74, 6) is -0.0579. The molecule has 3 rings (SSSR count). The molecule has 0 spiro atoms. The molecule has 0 saturated heterocycles. The highest BCUT2D eigenvalue weighted by Crippen LogP contribution is 2.39. The minimum atomic E-state index is -0.572. The van der Waals surface area contributed by atoms with Gasteiger partial charge in [0.2, 0.25) is 5.75 Å². The average molecular weight is 402 g/mol. The van der Waals surface area contributed by atoms with Crippen LogP contribution in [0, 0.1) is 0 Å². The highest BCUT2D eigenvalue weighted by Gasteiger charge is 2.24. The predicted octanol–water partition coefficient (Wildman–Crippen LogP) is 3.04.